The van der Waals surface area contributed by atoms with Crippen molar-refractivity contribution in [2.24, 2.45) is 0 Å². The maximum atomic E-state index is 5.23. The first-order chi connectivity index (χ1) is 8.76. The summed E-state index contributed by atoms with van der Waals surface area (Å²) in [5, 5.41) is 4.50. The molecule has 18 heavy (non-hydrogen) atoms. The summed E-state index contributed by atoms with van der Waals surface area (Å²) in [6.07, 6.45) is 3.24. The molecule has 0 aliphatic carbocycles. The summed E-state index contributed by atoms with van der Waals surface area (Å²) in [7, 11) is 1.69. The second-order valence-electron chi connectivity index (χ2n) is 4.06. The van der Waals surface area contributed by atoms with Gasteiger partial charge in [-0.1, -0.05) is 18.3 Å². The van der Waals surface area contributed by atoms with E-state index in [1.807, 2.05) is 30.0 Å². The second-order valence-corrected chi connectivity index (χ2v) is 6.00. The van der Waals surface area contributed by atoms with E-state index < -0.39 is 0 Å². The van der Waals surface area contributed by atoms with Gasteiger partial charge in [0.05, 0.1) is 17.3 Å². The monoisotopic (exact) mass is 282 g/mol. The molecule has 0 saturated carbocycles. The molecule has 5 heteroatoms. The minimum Gasteiger partial charge on any atom is -0.497 e. The SMILES string of the molecule is CCC(CSC)Nc1nc2ccc(OC)cc2s1. The number of nitrogens with zero attached hydrogens (tertiary/aromatic N) is 1. The maximum absolute atomic E-state index is 5.23. The summed E-state index contributed by atoms with van der Waals surface area (Å²) >= 11 is 3.55. The largest absolute Gasteiger partial charge is 0.497 e. The number of hydrogen-bond donors (Lipinski definition) is 1. The molecule has 1 atom stereocenters. The number of hydrogen-bond acceptors (Lipinski definition) is 5. The van der Waals surface area contributed by atoms with Gasteiger partial charge in [0.2, 0.25) is 0 Å². The van der Waals surface area contributed by atoms with E-state index in [0.29, 0.717) is 6.04 Å². The maximum Gasteiger partial charge on any atom is 0.184 e. The molecule has 0 bridgehead atoms. The van der Waals surface area contributed by atoms with Crippen molar-refractivity contribution in [1.29, 1.82) is 0 Å². The Morgan fingerprint density at radius 3 is 3.00 bits per heavy atom. The van der Waals surface area contributed by atoms with Gasteiger partial charge in [0.15, 0.2) is 5.13 Å². The molecule has 98 valence electrons. The van der Waals surface area contributed by atoms with Crippen molar-refractivity contribution in [3.63, 3.8) is 0 Å². The molecule has 0 aliphatic rings. The summed E-state index contributed by atoms with van der Waals surface area (Å²) in [6.45, 7) is 2.20. The highest BCUT2D eigenvalue weighted by molar-refractivity contribution is 7.98. The summed E-state index contributed by atoms with van der Waals surface area (Å²) in [5.41, 5.74) is 1.03. The first-order valence-electron chi connectivity index (χ1n) is 5.97. The van der Waals surface area contributed by atoms with Crippen LogP contribution in [0, 0.1) is 0 Å². The molecule has 1 aromatic carbocycles. The Hall–Kier alpha value is -0.940. The number of nitrogens with one attached hydrogen (secondary N) is 1. The number of fused-ring (bicyclic) bond motifs is 1. The van der Waals surface area contributed by atoms with E-state index in [1.165, 1.54) is 0 Å². The van der Waals surface area contributed by atoms with Crippen LogP contribution in [0.4, 0.5) is 5.13 Å². The van der Waals surface area contributed by atoms with Crippen LogP contribution in [0.2, 0.25) is 0 Å². The van der Waals surface area contributed by atoms with E-state index in [9.17, 15) is 0 Å². The van der Waals surface area contributed by atoms with Crippen molar-refractivity contribution in [2.75, 3.05) is 24.4 Å². The summed E-state index contributed by atoms with van der Waals surface area (Å²) in [5.74, 6) is 1.99. The molecular weight excluding hydrogens is 264 g/mol. The van der Waals surface area contributed by atoms with Gasteiger partial charge in [0, 0.05) is 11.8 Å². The van der Waals surface area contributed by atoms with Gasteiger partial charge in [0.25, 0.3) is 0 Å². The van der Waals surface area contributed by atoms with Crippen molar-refractivity contribution >= 4 is 38.4 Å². The quantitative estimate of drug-likeness (QED) is 0.872. The summed E-state index contributed by atoms with van der Waals surface area (Å²) < 4.78 is 6.39. The first-order valence-corrected chi connectivity index (χ1v) is 8.18. The van der Waals surface area contributed by atoms with E-state index >= 15 is 0 Å². The molecular formula is C13H18N2OS2. The average Bonchev–Trinajstić information content (AvgIpc) is 2.79. The first kappa shape index (κ1) is 13.5. The fourth-order valence-electron chi connectivity index (χ4n) is 1.73. The molecule has 0 amide bonds. The summed E-state index contributed by atoms with van der Waals surface area (Å²) in [4.78, 5) is 4.60. The Kier molecular flexibility index (Phi) is 4.72. The fraction of sp³-hybridized carbons (Fsp3) is 0.462. The molecule has 0 spiro atoms. The number of thioether (sulfide) groups is 1. The van der Waals surface area contributed by atoms with Crippen LogP contribution >= 0.6 is 23.1 Å². The minimum absolute atomic E-state index is 0.488. The van der Waals surface area contributed by atoms with E-state index in [2.05, 4.69) is 23.5 Å². The second kappa shape index (κ2) is 6.29. The molecule has 1 N–H and O–H groups in total. The predicted molar refractivity (Wildman–Crippen MR) is 82.3 cm³/mol. The lowest BCUT2D eigenvalue weighted by molar-refractivity contribution is 0.415. The van der Waals surface area contributed by atoms with E-state index in [4.69, 9.17) is 4.74 Å². The normalized spacial score (nSPS) is 12.6. The number of thiazole rings is 1. The molecule has 0 aliphatic heterocycles. The number of methoxy groups -OCH3 is 1. The van der Waals surface area contributed by atoms with Gasteiger partial charge in [-0.2, -0.15) is 11.8 Å². The number of anilines is 1. The zero-order valence-electron chi connectivity index (χ0n) is 10.9. The van der Waals surface area contributed by atoms with Crippen molar-refractivity contribution in [2.45, 2.75) is 19.4 Å². The van der Waals surface area contributed by atoms with Crippen LogP contribution in [0.15, 0.2) is 18.2 Å². The van der Waals surface area contributed by atoms with Gasteiger partial charge in [-0.25, -0.2) is 4.98 Å². The average molecular weight is 282 g/mol. The van der Waals surface area contributed by atoms with Crippen molar-refractivity contribution in [3.8, 4) is 5.75 Å². The number of ether oxygens (including phenoxy) is 1. The predicted octanol–water partition coefficient (Wildman–Crippen LogP) is 3.86. The fourth-order valence-corrected chi connectivity index (χ4v) is 3.42. The van der Waals surface area contributed by atoms with Crippen molar-refractivity contribution in [1.82, 2.24) is 4.98 Å². The Morgan fingerprint density at radius 2 is 2.33 bits per heavy atom. The smallest absolute Gasteiger partial charge is 0.184 e. The minimum atomic E-state index is 0.488. The molecule has 0 saturated heterocycles. The molecule has 2 rings (SSSR count). The Balaban J connectivity index is 2.18. The van der Waals surface area contributed by atoms with E-state index in [0.717, 1.165) is 33.3 Å². The van der Waals surface area contributed by atoms with Gasteiger partial charge in [-0.15, -0.1) is 0 Å². The van der Waals surface area contributed by atoms with Crippen molar-refractivity contribution < 1.29 is 4.74 Å². The van der Waals surface area contributed by atoms with Gasteiger partial charge in [0.1, 0.15) is 5.75 Å². The van der Waals surface area contributed by atoms with Crippen LogP contribution in [0.5, 0.6) is 5.75 Å². The Bertz CT molecular complexity index is 513. The highest BCUT2D eigenvalue weighted by Crippen LogP contribution is 2.29. The lowest BCUT2D eigenvalue weighted by Gasteiger charge is -2.14. The van der Waals surface area contributed by atoms with Gasteiger partial charge >= 0.3 is 0 Å². The third-order valence-electron chi connectivity index (χ3n) is 2.78. The Labute approximate surface area is 116 Å². The molecule has 1 heterocycles. The van der Waals surface area contributed by atoms with Crippen LogP contribution in [0.1, 0.15) is 13.3 Å². The molecule has 3 nitrogen and oxygen atoms in total. The molecule has 2 aromatic rings. The zero-order valence-corrected chi connectivity index (χ0v) is 12.5. The van der Waals surface area contributed by atoms with E-state index in [1.54, 1.807) is 18.4 Å². The molecule has 0 radical (unpaired) electrons. The third-order valence-corrected chi connectivity index (χ3v) is 4.47. The number of benzene rings is 1. The van der Waals surface area contributed by atoms with E-state index in [-0.39, 0.29) is 0 Å². The number of aromatic nitrogens is 1. The highest BCUT2D eigenvalue weighted by atomic mass is 32.2. The van der Waals surface area contributed by atoms with Gasteiger partial charge in [-0.05, 0) is 30.9 Å². The third kappa shape index (κ3) is 3.09. The lowest BCUT2D eigenvalue weighted by atomic mass is 10.3. The van der Waals surface area contributed by atoms with Crippen molar-refractivity contribution in [3.05, 3.63) is 18.2 Å². The standard InChI is InChI=1S/C13H18N2OS2/c1-4-9(8-17-3)14-13-15-11-6-5-10(16-2)7-12(11)18-13/h5-7,9H,4,8H2,1-3H3,(H,14,15). The molecule has 1 unspecified atom stereocenters. The van der Waals surface area contributed by atoms with Crippen LogP contribution in [0.25, 0.3) is 10.2 Å². The van der Waals surface area contributed by atoms with Crippen LogP contribution in [-0.4, -0.2) is 30.1 Å². The van der Waals surface area contributed by atoms with Crippen LogP contribution in [-0.2, 0) is 0 Å². The Morgan fingerprint density at radius 1 is 1.50 bits per heavy atom. The van der Waals surface area contributed by atoms with Gasteiger partial charge in [-0.3, -0.25) is 0 Å². The lowest BCUT2D eigenvalue weighted by Crippen LogP contribution is -2.20. The highest BCUT2D eigenvalue weighted by Gasteiger charge is 2.09. The van der Waals surface area contributed by atoms with Crippen LogP contribution in [0.3, 0.4) is 0 Å². The number of rotatable bonds is 6. The molecule has 0 fully saturated rings. The topological polar surface area (TPSA) is 34.2 Å². The zero-order chi connectivity index (χ0) is 13.0. The van der Waals surface area contributed by atoms with Crippen LogP contribution < -0.4 is 10.1 Å². The molecule has 1 aromatic heterocycles. The summed E-state index contributed by atoms with van der Waals surface area (Å²) in [6, 6.07) is 6.48. The van der Waals surface area contributed by atoms with Gasteiger partial charge < -0.3 is 10.1 Å².